The maximum Gasteiger partial charge on any atom is 0.435 e. The molecule has 0 saturated carbocycles. The smallest absolute Gasteiger partial charge is 0.435 e. The first kappa shape index (κ1) is 31.6. The molecule has 4 rings (SSSR count). The van der Waals surface area contributed by atoms with E-state index in [0.29, 0.717) is 29.0 Å². The number of methoxy groups -OCH3 is 1. The highest BCUT2D eigenvalue weighted by Gasteiger charge is 2.21. The van der Waals surface area contributed by atoms with Crippen molar-refractivity contribution >= 4 is 46.3 Å². The van der Waals surface area contributed by atoms with E-state index >= 15 is 0 Å². The zero-order chi connectivity index (χ0) is 31.5. The van der Waals surface area contributed by atoms with E-state index in [1.54, 1.807) is 55.6 Å². The number of nitrogens with two attached hydrogens (primary N) is 1. The van der Waals surface area contributed by atoms with E-state index in [2.05, 4.69) is 15.3 Å². The summed E-state index contributed by atoms with van der Waals surface area (Å²) < 4.78 is 16.7. The molecule has 13 heteroatoms. The normalized spacial score (nSPS) is 11.3. The highest BCUT2D eigenvalue weighted by atomic mass is 16.6. The molecule has 0 aliphatic carbocycles. The van der Waals surface area contributed by atoms with Crippen molar-refractivity contribution in [1.29, 1.82) is 0 Å². The standard InChI is InChI=1S/C31H35N7O6/c1-4-43-28(39)14-16-38(26-7-5-6-15-33-26)30(40)22-10-13-25-24(19-22)35-27(37(25)2)20-34-23-11-8-21(9-12-23)29(32)36-31(41)44-18-17-42-3/h5-13,15,19,34H,4,14,16-18,20H2,1-3H3,(H2,32,36,41). The summed E-state index contributed by atoms with van der Waals surface area (Å²) in [6, 6.07) is 17.7. The van der Waals surface area contributed by atoms with Crippen LogP contribution in [0.1, 0.15) is 35.1 Å². The average Bonchev–Trinajstić information content (AvgIpc) is 3.35. The molecule has 44 heavy (non-hydrogen) atoms. The molecule has 2 aromatic heterocycles. The minimum Gasteiger partial charge on any atom is -0.466 e. The number of hydrogen-bond donors (Lipinski definition) is 2. The Balaban J connectivity index is 1.45. The van der Waals surface area contributed by atoms with Gasteiger partial charge in [0.05, 0.1) is 37.2 Å². The van der Waals surface area contributed by atoms with Crippen LogP contribution in [-0.2, 0) is 32.6 Å². The SMILES string of the molecule is CCOC(=O)CCN(C(=O)c1ccc2c(c1)nc(CNc1ccc(/C(N)=N\C(=O)OCCOC)cc1)n2C)c1ccccn1. The molecule has 2 heterocycles. The number of fused-ring (bicyclic) bond motifs is 1. The number of nitrogens with one attached hydrogen (secondary N) is 1. The van der Waals surface area contributed by atoms with E-state index in [-0.39, 0.29) is 50.5 Å². The Morgan fingerprint density at radius 1 is 1.02 bits per heavy atom. The van der Waals surface area contributed by atoms with Gasteiger partial charge in [0.15, 0.2) is 0 Å². The Hall–Kier alpha value is -5.30. The summed E-state index contributed by atoms with van der Waals surface area (Å²) in [6.45, 7) is 2.90. The van der Waals surface area contributed by atoms with Gasteiger partial charge in [-0.15, -0.1) is 0 Å². The van der Waals surface area contributed by atoms with E-state index in [9.17, 15) is 14.4 Å². The predicted molar refractivity (Wildman–Crippen MR) is 166 cm³/mol. The number of aliphatic imine (C=N–C) groups is 1. The molecule has 230 valence electrons. The highest BCUT2D eigenvalue weighted by Crippen LogP contribution is 2.21. The van der Waals surface area contributed by atoms with Gasteiger partial charge in [-0.1, -0.05) is 6.07 Å². The van der Waals surface area contributed by atoms with E-state index in [1.807, 2.05) is 29.8 Å². The summed E-state index contributed by atoms with van der Waals surface area (Å²) >= 11 is 0. The number of amidine groups is 1. The van der Waals surface area contributed by atoms with Crippen molar-refractivity contribution in [1.82, 2.24) is 14.5 Å². The molecule has 3 N–H and O–H groups in total. The van der Waals surface area contributed by atoms with Crippen molar-refractivity contribution in [3.63, 3.8) is 0 Å². The molecule has 0 aliphatic heterocycles. The van der Waals surface area contributed by atoms with Gasteiger partial charge in [0.25, 0.3) is 5.91 Å². The van der Waals surface area contributed by atoms with Gasteiger partial charge < -0.3 is 29.8 Å². The number of ether oxygens (including phenoxy) is 3. The number of rotatable bonds is 13. The first-order chi connectivity index (χ1) is 21.3. The number of nitrogens with zero attached hydrogens (tertiary/aromatic N) is 5. The van der Waals surface area contributed by atoms with Crippen LogP contribution in [0.4, 0.5) is 16.3 Å². The zero-order valence-corrected chi connectivity index (χ0v) is 24.9. The lowest BCUT2D eigenvalue weighted by atomic mass is 10.1. The van der Waals surface area contributed by atoms with Crippen LogP contribution in [0.5, 0.6) is 0 Å². The Morgan fingerprint density at radius 3 is 2.50 bits per heavy atom. The minimum atomic E-state index is -0.783. The van der Waals surface area contributed by atoms with E-state index in [0.717, 1.165) is 17.0 Å². The van der Waals surface area contributed by atoms with E-state index in [4.69, 9.17) is 24.9 Å². The zero-order valence-electron chi connectivity index (χ0n) is 24.9. The number of carbonyl (C=O) groups excluding carboxylic acids is 3. The fraction of sp³-hybridized carbons (Fsp3) is 0.290. The van der Waals surface area contributed by atoms with Crippen LogP contribution >= 0.6 is 0 Å². The molecule has 0 radical (unpaired) electrons. The number of benzene rings is 2. The van der Waals surface area contributed by atoms with Crippen molar-refractivity contribution in [2.45, 2.75) is 19.9 Å². The molecular formula is C31H35N7O6. The first-order valence-electron chi connectivity index (χ1n) is 14.0. The highest BCUT2D eigenvalue weighted by molar-refractivity contribution is 6.07. The van der Waals surface area contributed by atoms with Crippen molar-refractivity contribution < 1.29 is 28.6 Å². The number of hydrogen-bond acceptors (Lipinski definition) is 9. The monoisotopic (exact) mass is 601 g/mol. The second-order valence-electron chi connectivity index (χ2n) is 9.53. The lowest BCUT2D eigenvalue weighted by molar-refractivity contribution is -0.142. The molecule has 0 unspecified atom stereocenters. The van der Waals surface area contributed by atoms with Crippen LogP contribution in [0.3, 0.4) is 0 Å². The number of anilines is 2. The van der Waals surface area contributed by atoms with Crippen LogP contribution < -0.4 is 16.0 Å². The summed E-state index contributed by atoms with van der Waals surface area (Å²) in [5, 5.41) is 3.32. The van der Waals surface area contributed by atoms with Gasteiger partial charge in [0.1, 0.15) is 24.1 Å². The summed E-state index contributed by atoms with van der Waals surface area (Å²) in [4.78, 5) is 51.6. The Labute approximate surface area is 254 Å². The summed E-state index contributed by atoms with van der Waals surface area (Å²) in [7, 11) is 3.41. The number of esters is 1. The van der Waals surface area contributed by atoms with Crippen LogP contribution in [-0.4, -0.2) is 71.8 Å². The van der Waals surface area contributed by atoms with Crippen LogP contribution in [0.15, 0.2) is 71.9 Å². The number of pyridine rings is 1. The van der Waals surface area contributed by atoms with Gasteiger partial charge in [-0.2, -0.15) is 4.99 Å². The molecule has 0 atom stereocenters. The van der Waals surface area contributed by atoms with Gasteiger partial charge >= 0.3 is 12.1 Å². The molecule has 0 bridgehead atoms. The Bertz CT molecular complexity index is 1620. The topological polar surface area (TPSA) is 163 Å². The van der Waals surface area contributed by atoms with Crippen molar-refractivity contribution in [3.8, 4) is 0 Å². The largest absolute Gasteiger partial charge is 0.466 e. The first-order valence-corrected chi connectivity index (χ1v) is 14.0. The fourth-order valence-electron chi connectivity index (χ4n) is 4.31. The summed E-state index contributed by atoms with van der Waals surface area (Å²) in [6.07, 6.45) is 0.855. The third-order valence-electron chi connectivity index (χ3n) is 6.59. The van der Waals surface area contributed by atoms with Gasteiger partial charge in [-0.05, 0) is 61.5 Å². The van der Waals surface area contributed by atoms with Crippen LogP contribution in [0.2, 0.25) is 0 Å². The maximum atomic E-state index is 13.6. The third-order valence-corrected chi connectivity index (χ3v) is 6.59. The lowest BCUT2D eigenvalue weighted by Gasteiger charge is -2.21. The molecule has 13 nitrogen and oxygen atoms in total. The molecule has 2 aromatic carbocycles. The summed E-state index contributed by atoms with van der Waals surface area (Å²) in [5.41, 5.74) is 9.24. The molecular weight excluding hydrogens is 566 g/mol. The van der Waals surface area contributed by atoms with E-state index < -0.39 is 6.09 Å². The van der Waals surface area contributed by atoms with Crippen molar-refractivity contribution in [3.05, 3.63) is 83.8 Å². The minimum absolute atomic E-state index is 0.0413. The number of aromatic nitrogens is 3. The average molecular weight is 602 g/mol. The van der Waals surface area contributed by atoms with Crippen molar-refractivity contribution in [2.24, 2.45) is 17.8 Å². The fourth-order valence-corrected chi connectivity index (χ4v) is 4.31. The number of amides is 2. The van der Waals surface area contributed by atoms with Gasteiger partial charge in [0.2, 0.25) is 0 Å². The van der Waals surface area contributed by atoms with Crippen molar-refractivity contribution in [2.75, 3.05) is 43.7 Å². The molecule has 4 aromatic rings. The molecule has 2 amide bonds. The third kappa shape index (κ3) is 8.16. The lowest BCUT2D eigenvalue weighted by Crippen LogP contribution is -2.34. The van der Waals surface area contributed by atoms with Gasteiger partial charge in [-0.25, -0.2) is 14.8 Å². The van der Waals surface area contributed by atoms with Crippen LogP contribution in [0.25, 0.3) is 11.0 Å². The second-order valence-corrected chi connectivity index (χ2v) is 9.53. The Morgan fingerprint density at radius 2 is 1.80 bits per heavy atom. The number of carbonyl (C=O) groups is 3. The molecule has 0 fully saturated rings. The number of aryl methyl sites for hydroxylation is 1. The molecule has 0 saturated heterocycles. The predicted octanol–water partition coefficient (Wildman–Crippen LogP) is 3.67. The molecule has 0 aliphatic rings. The van der Waals surface area contributed by atoms with Gasteiger partial charge in [-0.3, -0.25) is 14.5 Å². The Kier molecular flexibility index (Phi) is 11.0. The quantitative estimate of drug-likeness (QED) is 0.100. The van der Waals surface area contributed by atoms with E-state index in [1.165, 1.54) is 12.0 Å². The second kappa shape index (κ2) is 15.3. The summed E-state index contributed by atoms with van der Waals surface area (Å²) in [5.74, 6) is 0.545. The van der Waals surface area contributed by atoms with Crippen LogP contribution in [0, 0.1) is 0 Å². The molecule has 0 spiro atoms. The maximum absolute atomic E-state index is 13.6. The number of imidazole rings is 1. The van der Waals surface area contributed by atoms with Gasteiger partial charge in [0, 0.05) is 43.7 Å².